The van der Waals surface area contributed by atoms with Gasteiger partial charge >= 0.3 is 0 Å². The summed E-state index contributed by atoms with van der Waals surface area (Å²) in [6.07, 6.45) is 3.72. The van der Waals surface area contributed by atoms with Crippen LogP contribution in [0, 0.1) is 5.41 Å². The van der Waals surface area contributed by atoms with Crippen LogP contribution in [0.3, 0.4) is 0 Å². The first-order valence-electron chi connectivity index (χ1n) is 7.82. The van der Waals surface area contributed by atoms with Crippen molar-refractivity contribution in [2.24, 2.45) is 11.1 Å². The largest absolute Gasteiger partial charge is 0.372 e. The third-order valence-corrected chi connectivity index (χ3v) is 5.07. The quantitative estimate of drug-likeness (QED) is 0.919. The van der Waals surface area contributed by atoms with Crippen molar-refractivity contribution in [2.45, 2.75) is 32.3 Å². The smallest absolute Gasteiger partial charge is 0.0954 e. The Hall–Kier alpha value is -0.900. The Morgan fingerprint density at radius 2 is 2.05 bits per heavy atom. The van der Waals surface area contributed by atoms with E-state index in [9.17, 15) is 0 Å². The summed E-state index contributed by atoms with van der Waals surface area (Å²) in [6.45, 7) is 7.31. The number of benzene rings is 1. The fourth-order valence-corrected chi connectivity index (χ4v) is 3.34. The molecule has 1 fully saturated rings. The van der Waals surface area contributed by atoms with Crippen LogP contribution in [0.4, 0.5) is 0 Å². The second-order valence-corrected chi connectivity index (χ2v) is 6.62. The van der Waals surface area contributed by atoms with Gasteiger partial charge in [-0.15, -0.1) is 0 Å². The molecule has 0 bridgehead atoms. The number of fused-ring (bicyclic) bond motifs is 1. The van der Waals surface area contributed by atoms with Crippen molar-refractivity contribution in [3.05, 3.63) is 35.4 Å². The van der Waals surface area contributed by atoms with Crippen LogP contribution < -0.4 is 5.73 Å². The van der Waals surface area contributed by atoms with Crippen molar-refractivity contribution in [1.82, 2.24) is 4.90 Å². The Bertz CT molecular complexity index is 452. The van der Waals surface area contributed by atoms with Crippen LogP contribution >= 0.6 is 0 Å². The Balaban J connectivity index is 1.63. The van der Waals surface area contributed by atoms with Gasteiger partial charge in [-0.05, 0) is 55.4 Å². The topological polar surface area (TPSA) is 38.5 Å². The van der Waals surface area contributed by atoms with Crippen LogP contribution in [0.15, 0.2) is 24.3 Å². The van der Waals surface area contributed by atoms with E-state index in [-0.39, 0.29) is 6.10 Å². The lowest BCUT2D eigenvalue weighted by Crippen LogP contribution is -2.44. The molecule has 1 atom stereocenters. The molecule has 110 valence electrons. The van der Waals surface area contributed by atoms with Gasteiger partial charge in [0.05, 0.1) is 12.7 Å². The minimum absolute atomic E-state index is 0.252. The Labute approximate surface area is 122 Å². The fraction of sp³-hybridized carbons (Fsp3) is 0.647. The predicted octanol–water partition coefficient (Wildman–Crippen LogP) is 2.36. The highest BCUT2D eigenvalue weighted by molar-refractivity contribution is 5.31. The number of hydrogen-bond acceptors (Lipinski definition) is 3. The summed E-state index contributed by atoms with van der Waals surface area (Å²) in [5.74, 6) is 0. The molecule has 2 heterocycles. The van der Waals surface area contributed by atoms with Gasteiger partial charge in [0.25, 0.3) is 0 Å². The van der Waals surface area contributed by atoms with Gasteiger partial charge in [-0.2, -0.15) is 0 Å². The molecule has 0 aliphatic carbocycles. The van der Waals surface area contributed by atoms with Gasteiger partial charge < -0.3 is 15.4 Å². The van der Waals surface area contributed by atoms with Crippen LogP contribution in [0.25, 0.3) is 0 Å². The molecule has 2 aliphatic rings. The number of likely N-dealkylation sites (tertiary alicyclic amines) is 1. The highest BCUT2D eigenvalue weighted by Gasteiger charge is 2.30. The first kappa shape index (κ1) is 14.1. The van der Waals surface area contributed by atoms with Crippen LogP contribution in [-0.4, -0.2) is 37.7 Å². The zero-order chi connectivity index (χ0) is 14.0. The standard InChI is InChI=1S/C17H26N2O/c1-17(13-18)7-9-19(10-8-17)12-16-15-5-3-2-4-14(15)6-11-20-16/h2-5,16H,6-13,18H2,1H3. The van der Waals surface area contributed by atoms with Gasteiger partial charge in [-0.3, -0.25) is 0 Å². The molecule has 3 nitrogen and oxygen atoms in total. The van der Waals surface area contributed by atoms with Crippen LogP contribution in [0.1, 0.15) is 37.0 Å². The first-order chi connectivity index (χ1) is 9.70. The summed E-state index contributed by atoms with van der Waals surface area (Å²) in [4.78, 5) is 2.55. The van der Waals surface area contributed by atoms with Gasteiger partial charge in [0, 0.05) is 6.54 Å². The molecule has 1 aromatic carbocycles. The van der Waals surface area contributed by atoms with Crippen molar-refractivity contribution in [3.8, 4) is 0 Å². The molecule has 2 aliphatic heterocycles. The Morgan fingerprint density at radius 1 is 1.30 bits per heavy atom. The Kier molecular flexibility index (Phi) is 4.11. The lowest BCUT2D eigenvalue weighted by Gasteiger charge is -2.40. The maximum absolute atomic E-state index is 6.02. The number of nitrogens with zero attached hydrogens (tertiary/aromatic N) is 1. The lowest BCUT2D eigenvalue weighted by atomic mass is 9.80. The predicted molar refractivity (Wildman–Crippen MR) is 81.7 cm³/mol. The van der Waals surface area contributed by atoms with E-state index in [1.165, 1.54) is 24.0 Å². The van der Waals surface area contributed by atoms with Crippen LogP contribution in [0.2, 0.25) is 0 Å². The maximum atomic E-state index is 6.02. The summed E-state index contributed by atoms with van der Waals surface area (Å²) in [6, 6.07) is 8.73. The molecule has 20 heavy (non-hydrogen) atoms. The molecule has 3 heteroatoms. The highest BCUT2D eigenvalue weighted by Crippen LogP contribution is 2.32. The van der Waals surface area contributed by atoms with Crippen LogP contribution in [0.5, 0.6) is 0 Å². The molecule has 1 saturated heterocycles. The molecule has 0 radical (unpaired) electrons. The molecule has 1 unspecified atom stereocenters. The molecule has 1 aromatic rings. The van der Waals surface area contributed by atoms with E-state index in [1.807, 2.05) is 0 Å². The van der Waals surface area contributed by atoms with E-state index in [2.05, 4.69) is 36.1 Å². The number of ether oxygens (including phenoxy) is 1. The lowest BCUT2D eigenvalue weighted by molar-refractivity contribution is 0.00232. The monoisotopic (exact) mass is 274 g/mol. The average molecular weight is 274 g/mol. The van der Waals surface area contributed by atoms with Crippen molar-refractivity contribution in [3.63, 3.8) is 0 Å². The van der Waals surface area contributed by atoms with E-state index < -0.39 is 0 Å². The normalized spacial score (nSPS) is 26.2. The zero-order valence-corrected chi connectivity index (χ0v) is 12.5. The fourth-order valence-electron chi connectivity index (χ4n) is 3.34. The highest BCUT2D eigenvalue weighted by atomic mass is 16.5. The van der Waals surface area contributed by atoms with Crippen LogP contribution in [-0.2, 0) is 11.2 Å². The maximum Gasteiger partial charge on any atom is 0.0954 e. The average Bonchev–Trinajstić information content (AvgIpc) is 2.50. The molecule has 0 spiro atoms. The van der Waals surface area contributed by atoms with Gasteiger partial charge in [-0.25, -0.2) is 0 Å². The SMILES string of the molecule is CC1(CN)CCN(CC2OCCc3ccccc32)CC1. The molecular weight excluding hydrogens is 248 g/mol. The first-order valence-corrected chi connectivity index (χ1v) is 7.82. The zero-order valence-electron chi connectivity index (χ0n) is 12.5. The Morgan fingerprint density at radius 3 is 2.80 bits per heavy atom. The van der Waals surface area contributed by atoms with Crippen molar-refractivity contribution < 1.29 is 4.74 Å². The molecule has 0 aromatic heterocycles. The van der Waals surface area contributed by atoms with E-state index in [0.29, 0.717) is 5.41 Å². The molecular formula is C17H26N2O. The number of hydrogen-bond donors (Lipinski definition) is 1. The van der Waals surface area contributed by atoms with E-state index >= 15 is 0 Å². The minimum Gasteiger partial charge on any atom is -0.372 e. The van der Waals surface area contributed by atoms with Gasteiger partial charge in [0.1, 0.15) is 0 Å². The second-order valence-electron chi connectivity index (χ2n) is 6.62. The molecule has 3 rings (SSSR count). The summed E-state index contributed by atoms with van der Waals surface area (Å²) in [7, 11) is 0. The third-order valence-electron chi connectivity index (χ3n) is 5.07. The number of nitrogens with two attached hydrogens (primary N) is 1. The van der Waals surface area contributed by atoms with Crippen molar-refractivity contribution >= 4 is 0 Å². The number of piperidine rings is 1. The number of rotatable bonds is 3. The molecule has 0 saturated carbocycles. The summed E-state index contributed by atoms with van der Waals surface area (Å²) >= 11 is 0. The summed E-state index contributed by atoms with van der Waals surface area (Å²) in [5, 5.41) is 0. The van der Waals surface area contributed by atoms with E-state index in [0.717, 1.165) is 39.2 Å². The summed E-state index contributed by atoms with van der Waals surface area (Å²) < 4.78 is 6.02. The second kappa shape index (κ2) is 5.84. The van der Waals surface area contributed by atoms with Crippen molar-refractivity contribution in [2.75, 3.05) is 32.8 Å². The molecule has 0 amide bonds. The van der Waals surface area contributed by atoms with Crippen molar-refractivity contribution in [1.29, 1.82) is 0 Å². The van der Waals surface area contributed by atoms with Gasteiger partial charge in [-0.1, -0.05) is 31.2 Å². The minimum atomic E-state index is 0.252. The van der Waals surface area contributed by atoms with Gasteiger partial charge in [0.2, 0.25) is 0 Å². The van der Waals surface area contributed by atoms with E-state index in [1.54, 1.807) is 0 Å². The summed E-state index contributed by atoms with van der Waals surface area (Å²) in [5.41, 5.74) is 9.10. The molecule has 2 N–H and O–H groups in total. The third kappa shape index (κ3) is 2.90. The van der Waals surface area contributed by atoms with Gasteiger partial charge in [0.15, 0.2) is 0 Å². The van der Waals surface area contributed by atoms with E-state index in [4.69, 9.17) is 10.5 Å².